The van der Waals surface area contributed by atoms with E-state index in [4.69, 9.17) is 9.92 Å². The van der Waals surface area contributed by atoms with Crippen LogP contribution < -0.4 is 15.0 Å². The molecule has 0 fully saturated rings. The van der Waals surface area contributed by atoms with Crippen LogP contribution in [0.3, 0.4) is 0 Å². The lowest BCUT2D eigenvalue weighted by molar-refractivity contribution is 0.0843. The zero-order valence-electron chi connectivity index (χ0n) is 28.9. The first-order valence-corrected chi connectivity index (χ1v) is 16.9. The molecule has 8 rings (SSSR count). The van der Waals surface area contributed by atoms with Gasteiger partial charge in [-0.2, -0.15) is 5.06 Å². The number of rotatable bonds is 5. The molecule has 6 nitrogen and oxygen atoms in total. The molecule has 0 N–H and O–H groups in total. The number of fused-ring (bicyclic) bond motifs is 4. The monoisotopic (exact) mass is 643 g/mol. The molecule has 0 spiro atoms. The van der Waals surface area contributed by atoms with Crippen molar-refractivity contribution in [2.24, 2.45) is 0 Å². The molecule has 0 saturated carbocycles. The van der Waals surface area contributed by atoms with E-state index in [2.05, 4.69) is 184 Å². The van der Waals surface area contributed by atoms with Gasteiger partial charge in [-0.05, 0) is 105 Å². The maximum Gasteiger partial charge on any atom is 0.137 e. The van der Waals surface area contributed by atoms with Crippen molar-refractivity contribution in [2.45, 2.75) is 52.5 Å². The molecule has 49 heavy (non-hydrogen) atoms. The first-order chi connectivity index (χ1) is 23.6. The van der Waals surface area contributed by atoms with Crippen LogP contribution in [0.25, 0.3) is 27.6 Å². The molecular formula is C43H41N5O. The first-order valence-electron chi connectivity index (χ1n) is 16.9. The number of hydrogen-bond donors (Lipinski definition) is 0. The summed E-state index contributed by atoms with van der Waals surface area (Å²) in [4.78, 5) is 13.8. The van der Waals surface area contributed by atoms with Crippen LogP contribution in [0.4, 0.5) is 34.1 Å². The molecule has 0 bridgehead atoms. The lowest BCUT2D eigenvalue weighted by atomic mass is 9.88. The Bertz CT molecular complexity index is 2310. The molecule has 1 aliphatic heterocycles. The number of aromatic nitrogens is 2. The second kappa shape index (κ2) is 11.5. The number of pyridine rings is 1. The third kappa shape index (κ3) is 5.38. The van der Waals surface area contributed by atoms with Crippen molar-refractivity contribution in [2.75, 3.05) is 15.0 Å². The van der Waals surface area contributed by atoms with Gasteiger partial charge in [0.1, 0.15) is 5.82 Å². The van der Waals surface area contributed by atoms with Crippen LogP contribution in [0, 0.1) is 0 Å². The lowest BCUT2D eigenvalue weighted by Crippen LogP contribution is -2.41. The van der Waals surface area contributed by atoms with Gasteiger partial charge < -0.3 is 4.90 Å². The maximum absolute atomic E-state index is 6.56. The van der Waals surface area contributed by atoms with Gasteiger partial charge in [0.15, 0.2) is 0 Å². The van der Waals surface area contributed by atoms with Gasteiger partial charge >= 0.3 is 0 Å². The van der Waals surface area contributed by atoms with Crippen molar-refractivity contribution in [3.8, 4) is 5.82 Å². The normalized spacial score (nSPS) is 13.3. The summed E-state index contributed by atoms with van der Waals surface area (Å²) in [5.74, 6) is 0.914. The van der Waals surface area contributed by atoms with Gasteiger partial charge in [-0.25, -0.2) is 10.0 Å². The van der Waals surface area contributed by atoms with E-state index in [9.17, 15) is 0 Å². The van der Waals surface area contributed by atoms with E-state index < -0.39 is 0 Å². The summed E-state index contributed by atoms with van der Waals surface area (Å²) >= 11 is 0. The van der Waals surface area contributed by atoms with Gasteiger partial charge in [0.2, 0.25) is 0 Å². The highest BCUT2D eigenvalue weighted by Gasteiger charge is 2.36. The second-order valence-electron chi connectivity index (χ2n) is 14.7. The Balaban J connectivity index is 1.30. The number of nitrogens with zero attached hydrogens (tertiary/aromatic N) is 5. The molecule has 0 amide bonds. The zero-order chi connectivity index (χ0) is 33.9. The fourth-order valence-electron chi connectivity index (χ4n) is 6.78. The Kier molecular flexibility index (Phi) is 7.23. The summed E-state index contributed by atoms with van der Waals surface area (Å²) in [6.45, 7) is 13.2. The third-order valence-electron chi connectivity index (χ3n) is 9.18. The molecule has 7 aromatic rings. The van der Waals surface area contributed by atoms with Crippen LogP contribution in [0.1, 0.15) is 47.1 Å². The molecular weight excluding hydrogens is 603 g/mol. The van der Waals surface area contributed by atoms with Gasteiger partial charge in [0.05, 0.1) is 33.6 Å². The molecule has 0 saturated heterocycles. The molecule has 0 radical (unpaired) electrons. The average Bonchev–Trinajstić information content (AvgIpc) is 3.65. The predicted molar refractivity (Wildman–Crippen MR) is 204 cm³/mol. The van der Waals surface area contributed by atoms with Gasteiger partial charge in [0.25, 0.3) is 0 Å². The minimum absolute atomic E-state index is 0.000216. The highest BCUT2D eigenvalue weighted by molar-refractivity contribution is 6.10. The van der Waals surface area contributed by atoms with Crippen molar-refractivity contribution in [3.05, 3.63) is 145 Å². The molecule has 2 aromatic heterocycles. The largest absolute Gasteiger partial charge is 0.310 e. The van der Waals surface area contributed by atoms with E-state index in [1.165, 1.54) is 16.3 Å². The van der Waals surface area contributed by atoms with Crippen LogP contribution in [0.15, 0.2) is 140 Å². The first kappa shape index (κ1) is 30.7. The number of hydroxylamine groups is 1. The average molecular weight is 644 g/mol. The molecule has 3 heterocycles. The van der Waals surface area contributed by atoms with Crippen molar-refractivity contribution in [1.82, 2.24) is 9.55 Å². The van der Waals surface area contributed by atoms with E-state index in [1.54, 1.807) is 0 Å². The standard InChI is InChI=1S/C43H41N5O/c1-42(2,3)30-25-26-44-41(27-30)46-37-20-11-10-19-35(37)36-24-23-33(29-40(36)46)45(31-15-8-7-9-16-31)32-17-14-18-34(28-32)47-38-21-12-13-22-39(38)48(49-47)43(4,5)6/h7-29H,1-6H3. The maximum atomic E-state index is 6.56. The van der Waals surface area contributed by atoms with Crippen LogP contribution in [0.2, 0.25) is 0 Å². The fourth-order valence-corrected chi connectivity index (χ4v) is 6.78. The van der Waals surface area contributed by atoms with E-state index in [0.29, 0.717) is 0 Å². The minimum atomic E-state index is -0.229. The summed E-state index contributed by atoms with van der Waals surface area (Å²) in [6, 6.07) is 47.2. The highest BCUT2D eigenvalue weighted by Crippen LogP contribution is 2.46. The quantitative estimate of drug-likeness (QED) is 0.187. The summed E-state index contributed by atoms with van der Waals surface area (Å²) in [5, 5.41) is 6.31. The summed E-state index contributed by atoms with van der Waals surface area (Å²) < 4.78 is 2.30. The Morgan fingerprint density at radius 3 is 2.02 bits per heavy atom. The molecule has 0 unspecified atom stereocenters. The zero-order valence-corrected chi connectivity index (χ0v) is 28.9. The summed E-state index contributed by atoms with van der Waals surface area (Å²) in [7, 11) is 0. The molecule has 0 atom stereocenters. The van der Waals surface area contributed by atoms with Gasteiger partial charge in [-0.15, -0.1) is 4.94 Å². The third-order valence-corrected chi connectivity index (χ3v) is 9.18. The Hall–Kier alpha value is -5.59. The predicted octanol–water partition coefficient (Wildman–Crippen LogP) is 11.5. The Morgan fingerprint density at radius 2 is 1.24 bits per heavy atom. The molecule has 0 aliphatic carbocycles. The van der Waals surface area contributed by atoms with Crippen LogP contribution in [0.5, 0.6) is 0 Å². The van der Waals surface area contributed by atoms with Crippen LogP contribution >= 0.6 is 0 Å². The lowest BCUT2D eigenvalue weighted by Gasteiger charge is -2.32. The van der Waals surface area contributed by atoms with Crippen LogP contribution in [-0.2, 0) is 10.4 Å². The molecule has 1 aliphatic rings. The summed E-state index contributed by atoms with van der Waals surface area (Å²) in [5.41, 5.74) is 9.39. The van der Waals surface area contributed by atoms with Crippen LogP contribution in [-0.4, -0.2) is 15.1 Å². The molecule has 6 heteroatoms. The topological polar surface area (TPSA) is 36.8 Å². The van der Waals surface area contributed by atoms with Gasteiger partial charge in [-0.1, -0.05) is 81.4 Å². The van der Waals surface area contributed by atoms with E-state index in [-0.39, 0.29) is 11.0 Å². The number of hydrogen-bond acceptors (Lipinski definition) is 5. The molecule has 5 aromatic carbocycles. The number of para-hydroxylation sites is 4. The smallest absolute Gasteiger partial charge is 0.137 e. The fraction of sp³-hybridized carbons (Fsp3) is 0.186. The number of benzene rings is 5. The Morgan fingerprint density at radius 1 is 0.571 bits per heavy atom. The van der Waals surface area contributed by atoms with Crippen molar-refractivity contribution < 1.29 is 4.94 Å². The van der Waals surface area contributed by atoms with Crippen molar-refractivity contribution in [3.63, 3.8) is 0 Å². The van der Waals surface area contributed by atoms with E-state index in [1.807, 2.05) is 16.3 Å². The summed E-state index contributed by atoms with van der Waals surface area (Å²) in [6.07, 6.45) is 1.93. The Labute approximate surface area is 288 Å². The van der Waals surface area contributed by atoms with Crippen molar-refractivity contribution in [1.29, 1.82) is 0 Å². The number of anilines is 6. The SMILES string of the molecule is CC(C)(C)c1ccnc(-n2c3ccccc3c3ccc(N(c4ccccc4)c4cccc(N5ON(C(C)(C)C)c6ccccc65)c4)cc32)c1. The molecule has 244 valence electrons. The van der Waals surface area contributed by atoms with Crippen molar-refractivity contribution >= 4 is 55.9 Å². The van der Waals surface area contributed by atoms with Gasteiger partial charge in [0, 0.05) is 34.0 Å². The highest BCUT2D eigenvalue weighted by atomic mass is 16.8. The van der Waals surface area contributed by atoms with Gasteiger partial charge in [-0.3, -0.25) is 4.57 Å². The van der Waals surface area contributed by atoms with E-state index in [0.717, 1.165) is 51.0 Å². The minimum Gasteiger partial charge on any atom is -0.310 e. The second-order valence-corrected chi connectivity index (χ2v) is 14.7. The van der Waals surface area contributed by atoms with E-state index >= 15 is 0 Å².